The van der Waals surface area contributed by atoms with Gasteiger partial charge in [-0.15, -0.1) is 0 Å². The Morgan fingerprint density at radius 1 is 1.04 bits per heavy atom. The minimum atomic E-state index is -1.11. The molecule has 45 heavy (non-hydrogen) atoms. The van der Waals surface area contributed by atoms with Gasteiger partial charge in [-0.2, -0.15) is 0 Å². The molecule has 2 heterocycles. The first-order valence-corrected chi connectivity index (χ1v) is 18.3. The number of nitrogen functional groups attached to an aromatic ring is 1. The molecule has 0 aliphatic rings. The predicted octanol–water partition coefficient (Wildman–Crippen LogP) is 9.90. The van der Waals surface area contributed by atoms with Crippen LogP contribution >= 0.6 is 19.8 Å². The van der Waals surface area contributed by atoms with Gasteiger partial charge in [0.1, 0.15) is 11.6 Å². The number of anilines is 3. The number of rotatable bonds is 8. The number of nitrogens with one attached hydrogen (secondary N) is 1. The average Bonchev–Trinajstić information content (AvgIpc) is 3.44. The summed E-state index contributed by atoms with van der Waals surface area (Å²) in [6.07, 6.45) is 3.23. The van der Waals surface area contributed by atoms with Crippen LogP contribution < -0.4 is 15.8 Å². The Hall–Kier alpha value is -3.91. The molecule has 0 aliphatic carbocycles. The van der Waals surface area contributed by atoms with Crippen LogP contribution in [0.1, 0.15) is 58.4 Å². The molecule has 5 aromatic rings. The topological polar surface area (TPSA) is 102 Å². The summed E-state index contributed by atoms with van der Waals surface area (Å²) >= 11 is 1.43. The molecule has 10 heteroatoms. The highest BCUT2D eigenvalue weighted by Gasteiger charge is 2.16. The van der Waals surface area contributed by atoms with E-state index in [-0.39, 0.29) is 0 Å². The van der Waals surface area contributed by atoms with Crippen molar-refractivity contribution in [2.75, 3.05) is 18.2 Å². The molecule has 3 N–H and O–H groups in total. The maximum Gasteiger partial charge on any atom is 0.189 e. The van der Waals surface area contributed by atoms with Gasteiger partial charge in [0.05, 0.1) is 45.0 Å². The van der Waals surface area contributed by atoms with E-state index >= 15 is 0 Å². The highest BCUT2D eigenvalue weighted by molar-refractivity contribution is 8.33. The molecule has 7 nitrogen and oxygen atoms in total. The Balaban J connectivity index is 0.00000104. The third-order valence-electron chi connectivity index (χ3n) is 6.23. The van der Waals surface area contributed by atoms with Crippen LogP contribution in [0, 0.1) is 0 Å². The van der Waals surface area contributed by atoms with Crippen molar-refractivity contribution in [3.05, 3.63) is 95.4 Å². The standard InChI is InChI=1S/C30H28N5O2PS2.C3H8.C2H6/c1-4-25(24-17-20-16-22(37-3)12-15-26(20)34-27(24)19-8-6-5-7-9-19)32-18(2)28-29(31)35-30(39-28)33-21-10-13-23(14-11-21)40(36)38;1-3-2;1-2/h4-17H,31,38H2,1-3H3,(H,33,35);3H2,1-2H3;1-2H3/b25-4-,32-18?;;. The summed E-state index contributed by atoms with van der Waals surface area (Å²) in [6.45, 7) is 12.1. The Morgan fingerprint density at radius 3 is 2.31 bits per heavy atom. The van der Waals surface area contributed by atoms with Crippen LogP contribution in [0.25, 0.3) is 27.9 Å². The molecule has 2 unspecified atom stereocenters. The number of aliphatic imine (C=N–C) groups is 1. The number of methoxy groups -OCH3 is 1. The molecule has 0 spiro atoms. The summed E-state index contributed by atoms with van der Waals surface area (Å²) in [4.78, 5) is 16.1. The van der Waals surface area contributed by atoms with Gasteiger partial charge in [0.2, 0.25) is 0 Å². The normalized spacial score (nSPS) is 12.0. The quantitative estimate of drug-likeness (QED) is 0.127. The van der Waals surface area contributed by atoms with Crippen molar-refractivity contribution in [3.63, 3.8) is 0 Å². The SMILES string of the molecule is C/C=C(\N=C(C)c1sc(Nc2ccc(S(=O)P)cc2)nc1N)c1cc2cc(OC)ccc2nc1-c1ccccc1.CC.CCC. The van der Waals surface area contributed by atoms with Gasteiger partial charge in [-0.05, 0) is 70.8 Å². The molecule has 0 saturated carbocycles. The van der Waals surface area contributed by atoms with Crippen LogP contribution in [0.4, 0.5) is 16.6 Å². The number of benzene rings is 3. The van der Waals surface area contributed by atoms with E-state index in [0.717, 1.165) is 60.3 Å². The van der Waals surface area contributed by atoms with Gasteiger partial charge < -0.3 is 15.8 Å². The van der Waals surface area contributed by atoms with Crippen LogP contribution in [-0.2, 0) is 10.4 Å². The highest BCUT2D eigenvalue weighted by Crippen LogP contribution is 2.34. The Bertz CT molecular complexity index is 1790. The molecule has 236 valence electrons. The minimum Gasteiger partial charge on any atom is -0.497 e. The third kappa shape index (κ3) is 9.30. The molecular formula is C35H42N5O2PS2. The van der Waals surface area contributed by atoms with Crippen LogP contribution in [0.15, 0.2) is 94.8 Å². The molecule has 0 aliphatic heterocycles. The number of nitrogens with two attached hydrogens (primary N) is 1. The molecule has 0 saturated heterocycles. The summed E-state index contributed by atoms with van der Waals surface area (Å²) in [6, 6.07) is 25.4. The van der Waals surface area contributed by atoms with Crippen molar-refractivity contribution in [3.8, 4) is 17.0 Å². The van der Waals surface area contributed by atoms with Crippen LogP contribution in [0.3, 0.4) is 0 Å². The van der Waals surface area contributed by atoms with E-state index in [2.05, 4.69) is 38.7 Å². The van der Waals surface area contributed by atoms with Crippen LogP contribution in [0.5, 0.6) is 5.75 Å². The minimum absolute atomic E-state index is 0.400. The predicted molar refractivity (Wildman–Crippen MR) is 199 cm³/mol. The van der Waals surface area contributed by atoms with Gasteiger partial charge in [-0.25, -0.2) is 9.97 Å². The summed E-state index contributed by atoms with van der Waals surface area (Å²) < 4.78 is 17.1. The lowest BCUT2D eigenvalue weighted by Gasteiger charge is -2.13. The lowest BCUT2D eigenvalue weighted by atomic mass is 10.0. The number of hydrogen-bond acceptors (Lipinski definition) is 8. The van der Waals surface area contributed by atoms with Crippen molar-refractivity contribution in [1.82, 2.24) is 9.97 Å². The molecule has 0 amide bonds. The fourth-order valence-corrected chi connectivity index (χ4v) is 5.97. The number of allylic oxidation sites excluding steroid dienone is 1. The zero-order valence-corrected chi connectivity index (χ0v) is 29.7. The van der Waals surface area contributed by atoms with Crippen molar-refractivity contribution in [2.24, 2.45) is 4.99 Å². The lowest BCUT2D eigenvalue weighted by molar-refractivity contribution is 0.415. The summed E-state index contributed by atoms with van der Waals surface area (Å²) in [5, 5.41) is 4.88. The van der Waals surface area contributed by atoms with Gasteiger partial charge in [0.15, 0.2) is 5.13 Å². The lowest BCUT2D eigenvalue weighted by Crippen LogP contribution is -2.00. The molecule has 2 aromatic heterocycles. The summed E-state index contributed by atoms with van der Waals surface area (Å²) in [5.74, 6) is 1.17. The van der Waals surface area contributed by atoms with Crippen LogP contribution in [-0.4, -0.2) is 27.0 Å². The van der Waals surface area contributed by atoms with Crippen molar-refractivity contribution < 1.29 is 8.95 Å². The van der Waals surface area contributed by atoms with E-state index < -0.39 is 10.4 Å². The number of nitrogens with zero attached hydrogens (tertiary/aromatic N) is 3. The second-order valence-corrected chi connectivity index (χ2v) is 12.9. The maximum absolute atomic E-state index is 11.6. The maximum atomic E-state index is 11.6. The molecule has 0 bridgehead atoms. The Labute approximate surface area is 275 Å². The first-order valence-electron chi connectivity index (χ1n) is 14.8. The zero-order chi connectivity index (χ0) is 32.9. The molecule has 2 atom stereocenters. The number of aromatic nitrogens is 2. The highest BCUT2D eigenvalue weighted by atomic mass is 32.7. The number of pyridine rings is 1. The van der Waals surface area contributed by atoms with Gasteiger partial charge >= 0.3 is 0 Å². The van der Waals surface area contributed by atoms with E-state index in [4.69, 9.17) is 20.4 Å². The summed E-state index contributed by atoms with van der Waals surface area (Å²) in [7, 11) is 2.83. The fourth-order valence-electron chi connectivity index (χ4n) is 4.25. The van der Waals surface area contributed by atoms with Gasteiger partial charge in [-0.3, -0.25) is 9.20 Å². The smallest absolute Gasteiger partial charge is 0.189 e. The van der Waals surface area contributed by atoms with E-state index in [1.54, 1.807) is 7.11 Å². The average molecular weight is 660 g/mol. The fraction of sp³-hybridized carbons (Fsp3) is 0.229. The van der Waals surface area contributed by atoms with Crippen molar-refractivity contribution in [2.45, 2.75) is 52.9 Å². The number of thiazole rings is 1. The Kier molecular flexibility index (Phi) is 13.9. The van der Waals surface area contributed by atoms with Gasteiger partial charge in [-0.1, -0.05) is 81.9 Å². The van der Waals surface area contributed by atoms with Crippen molar-refractivity contribution >= 4 is 69.1 Å². The number of hydrogen-bond donors (Lipinski definition) is 2. The first-order chi connectivity index (χ1) is 21.8. The second-order valence-electron chi connectivity index (χ2n) is 9.57. The van der Waals surface area contributed by atoms with Crippen LogP contribution in [0.2, 0.25) is 0 Å². The molecule has 0 fully saturated rings. The molecule has 5 rings (SSSR count). The monoisotopic (exact) mass is 659 g/mol. The van der Waals surface area contributed by atoms with Gasteiger partial charge in [0, 0.05) is 27.1 Å². The largest absolute Gasteiger partial charge is 0.497 e. The molecular weight excluding hydrogens is 618 g/mol. The summed E-state index contributed by atoms with van der Waals surface area (Å²) in [5.41, 5.74) is 12.3. The van der Waals surface area contributed by atoms with E-state index in [1.807, 2.05) is 107 Å². The zero-order valence-electron chi connectivity index (χ0n) is 26.9. The van der Waals surface area contributed by atoms with E-state index in [0.29, 0.717) is 10.9 Å². The third-order valence-corrected chi connectivity index (χ3v) is 8.88. The van der Waals surface area contributed by atoms with E-state index in [9.17, 15) is 4.21 Å². The van der Waals surface area contributed by atoms with E-state index in [1.165, 1.54) is 17.8 Å². The number of ether oxygens (including phenoxy) is 1. The second kappa shape index (κ2) is 17.5. The molecule has 0 radical (unpaired) electrons. The molecule has 3 aromatic carbocycles. The Morgan fingerprint density at radius 2 is 1.71 bits per heavy atom. The van der Waals surface area contributed by atoms with Crippen molar-refractivity contribution in [1.29, 1.82) is 0 Å². The first kappa shape index (κ1) is 35.6. The van der Waals surface area contributed by atoms with Gasteiger partial charge in [0.25, 0.3) is 0 Å². The number of fused-ring (bicyclic) bond motifs is 1.